The third kappa shape index (κ3) is 3.14. The molecule has 82 valence electrons. The highest BCUT2D eigenvalue weighted by Crippen LogP contribution is 2.04. The Morgan fingerprint density at radius 3 is 2.06 bits per heavy atom. The maximum Gasteiger partial charge on any atom is 0.335 e. The molecule has 0 bridgehead atoms. The smallest absolute Gasteiger partial charge is 0.335 e. The van der Waals surface area contributed by atoms with Crippen molar-refractivity contribution < 1.29 is 14.7 Å². The Morgan fingerprint density at radius 2 is 1.62 bits per heavy atom. The molecule has 1 aromatic carbocycles. The van der Waals surface area contributed by atoms with Crippen LogP contribution in [0.4, 0.5) is 0 Å². The molecule has 0 fully saturated rings. The Kier molecular flexibility index (Phi) is 3.67. The van der Waals surface area contributed by atoms with E-state index in [1.165, 1.54) is 24.3 Å². The van der Waals surface area contributed by atoms with Gasteiger partial charge in [-0.2, -0.15) is 0 Å². The number of rotatable bonds is 2. The van der Waals surface area contributed by atoms with Gasteiger partial charge >= 0.3 is 5.97 Å². The highest BCUT2D eigenvalue weighted by atomic mass is 16.4. The number of Topliss-reactive ketones (excluding diaryl/α,β-unsaturated/α-hetero) is 1. The molecule has 0 spiro atoms. The fourth-order valence-corrected chi connectivity index (χ4v) is 0.999. The van der Waals surface area contributed by atoms with Crippen LogP contribution in [0, 0.1) is 12.0 Å². The first-order chi connectivity index (χ1) is 7.50. The Bertz CT molecular complexity index is 463. The van der Waals surface area contributed by atoms with E-state index in [1.54, 1.807) is 19.0 Å². The zero-order valence-electron chi connectivity index (χ0n) is 9.02. The van der Waals surface area contributed by atoms with Crippen LogP contribution < -0.4 is 0 Å². The van der Waals surface area contributed by atoms with Crippen molar-refractivity contribution in [2.75, 3.05) is 14.1 Å². The average molecular weight is 217 g/mol. The van der Waals surface area contributed by atoms with Crippen molar-refractivity contribution in [3.8, 4) is 12.0 Å². The first-order valence-corrected chi connectivity index (χ1v) is 4.57. The van der Waals surface area contributed by atoms with E-state index in [0.717, 1.165) is 0 Å². The van der Waals surface area contributed by atoms with Crippen LogP contribution in [0.1, 0.15) is 20.7 Å². The normalized spacial score (nSPS) is 8.88. The Morgan fingerprint density at radius 1 is 1.12 bits per heavy atom. The van der Waals surface area contributed by atoms with Gasteiger partial charge in [-0.3, -0.25) is 4.79 Å². The molecule has 0 atom stereocenters. The van der Waals surface area contributed by atoms with Crippen molar-refractivity contribution >= 4 is 11.8 Å². The van der Waals surface area contributed by atoms with Crippen molar-refractivity contribution in [3.63, 3.8) is 0 Å². The van der Waals surface area contributed by atoms with Crippen molar-refractivity contribution in [3.05, 3.63) is 35.4 Å². The largest absolute Gasteiger partial charge is 0.478 e. The number of carboxylic acid groups (broad SMARTS) is 1. The van der Waals surface area contributed by atoms with E-state index in [9.17, 15) is 9.59 Å². The second-order valence-electron chi connectivity index (χ2n) is 3.34. The van der Waals surface area contributed by atoms with Gasteiger partial charge in [-0.15, -0.1) is 0 Å². The summed E-state index contributed by atoms with van der Waals surface area (Å²) in [5.74, 6) is 1.09. The second kappa shape index (κ2) is 4.99. The number of nitrogens with zero attached hydrogens (tertiary/aromatic N) is 1. The van der Waals surface area contributed by atoms with Crippen LogP contribution in [0.2, 0.25) is 0 Å². The van der Waals surface area contributed by atoms with Gasteiger partial charge in [0.15, 0.2) is 0 Å². The van der Waals surface area contributed by atoms with Gasteiger partial charge in [-0.05, 0) is 30.2 Å². The van der Waals surface area contributed by atoms with Gasteiger partial charge in [0.1, 0.15) is 0 Å². The SMILES string of the molecule is CN(C)C#CC(=O)c1ccc(C(=O)O)cc1. The average Bonchev–Trinajstić information content (AvgIpc) is 2.26. The summed E-state index contributed by atoms with van der Waals surface area (Å²) in [5, 5.41) is 8.67. The monoisotopic (exact) mass is 217 g/mol. The summed E-state index contributed by atoms with van der Waals surface area (Å²) >= 11 is 0. The van der Waals surface area contributed by atoms with E-state index < -0.39 is 5.97 Å². The van der Waals surface area contributed by atoms with Gasteiger partial charge in [-0.25, -0.2) is 4.79 Å². The lowest BCUT2D eigenvalue weighted by atomic mass is 10.1. The highest BCUT2D eigenvalue weighted by Gasteiger charge is 2.05. The summed E-state index contributed by atoms with van der Waals surface area (Å²) in [6.45, 7) is 0. The lowest BCUT2D eigenvalue weighted by Crippen LogP contribution is -2.04. The van der Waals surface area contributed by atoms with Crippen molar-refractivity contribution in [1.82, 2.24) is 4.90 Å². The molecule has 0 heterocycles. The predicted molar refractivity (Wildman–Crippen MR) is 59.2 cm³/mol. The molecule has 0 aliphatic heterocycles. The van der Waals surface area contributed by atoms with Crippen molar-refractivity contribution in [1.29, 1.82) is 0 Å². The van der Waals surface area contributed by atoms with Crippen molar-refractivity contribution in [2.24, 2.45) is 0 Å². The van der Waals surface area contributed by atoms with E-state index in [1.807, 2.05) is 0 Å². The van der Waals surface area contributed by atoms with Crippen LogP contribution in [-0.4, -0.2) is 35.9 Å². The molecule has 1 N–H and O–H groups in total. The van der Waals surface area contributed by atoms with Gasteiger partial charge in [0.2, 0.25) is 5.78 Å². The van der Waals surface area contributed by atoms with Gasteiger partial charge in [0.05, 0.1) is 5.56 Å². The number of hydrogen-bond acceptors (Lipinski definition) is 3. The molecule has 0 radical (unpaired) electrons. The molecule has 0 aliphatic carbocycles. The van der Waals surface area contributed by atoms with E-state index in [2.05, 4.69) is 12.0 Å². The molecule has 0 unspecified atom stereocenters. The first-order valence-electron chi connectivity index (χ1n) is 4.57. The first kappa shape index (κ1) is 11.8. The second-order valence-corrected chi connectivity index (χ2v) is 3.34. The lowest BCUT2D eigenvalue weighted by molar-refractivity contribution is 0.0696. The molecular weight excluding hydrogens is 206 g/mol. The predicted octanol–water partition coefficient (Wildman–Crippen LogP) is 1.09. The Balaban J connectivity index is 2.87. The zero-order valence-corrected chi connectivity index (χ0v) is 9.02. The van der Waals surface area contributed by atoms with Crippen LogP contribution in [0.15, 0.2) is 24.3 Å². The van der Waals surface area contributed by atoms with Crippen LogP contribution in [0.5, 0.6) is 0 Å². The summed E-state index contributed by atoms with van der Waals surface area (Å²) < 4.78 is 0. The van der Waals surface area contributed by atoms with Gasteiger partial charge in [0.25, 0.3) is 0 Å². The minimum absolute atomic E-state index is 0.150. The maximum absolute atomic E-state index is 11.5. The number of carboxylic acids is 1. The molecular formula is C12H11NO3. The molecule has 4 heteroatoms. The topological polar surface area (TPSA) is 57.6 Å². The molecule has 1 aromatic rings. The molecule has 4 nitrogen and oxygen atoms in total. The van der Waals surface area contributed by atoms with E-state index in [4.69, 9.17) is 5.11 Å². The third-order valence-corrected chi connectivity index (χ3v) is 1.79. The minimum atomic E-state index is -1.02. The minimum Gasteiger partial charge on any atom is -0.478 e. The fourth-order valence-electron chi connectivity index (χ4n) is 0.999. The molecule has 16 heavy (non-hydrogen) atoms. The summed E-state index contributed by atoms with van der Waals surface area (Å²) in [7, 11) is 3.46. The summed E-state index contributed by atoms with van der Waals surface area (Å²) in [6.07, 6.45) is 0. The van der Waals surface area contributed by atoms with E-state index >= 15 is 0 Å². The molecule has 0 aliphatic rings. The van der Waals surface area contributed by atoms with Gasteiger partial charge in [-0.1, -0.05) is 0 Å². The molecule has 1 rings (SSSR count). The van der Waals surface area contributed by atoms with Crippen LogP contribution in [0.25, 0.3) is 0 Å². The van der Waals surface area contributed by atoms with Gasteiger partial charge < -0.3 is 10.0 Å². The van der Waals surface area contributed by atoms with E-state index in [0.29, 0.717) is 5.56 Å². The Hall–Kier alpha value is -2.28. The summed E-state index contributed by atoms with van der Waals surface area (Å²) in [4.78, 5) is 23.6. The van der Waals surface area contributed by atoms with Crippen LogP contribution in [0.3, 0.4) is 0 Å². The summed E-state index contributed by atoms with van der Waals surface area (Å²) in [5.41, 5.74) is 0.538. The van der Waals surface area contributed by atoms with Crippen LogP contribution in [-0.2, 0) is 0 Å². The molecule has 0 saturated carbocycles. The number of benzene rings is 1. The number of aromatic carboxylic acids is 1. The highest BCUT2D eigenvalue weighted by molar-refractivity contribution is 6.09. The zero-order chi connectivity index (χ0) is 12.1. The van der Waals surface area contributed by atoms with E-state index in [-0.39, 0.29) is 11.3 Å². The molecule has 0 amide bonds. The lowest BCUT2D eigenvalue weighted by Gasteiger charge is -1.98. The number of hydrogen-bond donors (Lipinski definition) is 1. The third-order valence-electron chi connectivity index (χ3n) is 1.79. The molecule has 0 saturated heterocycles. The quantitative estimate of drug-likeness (QED) is 0.457. The maximum atomic E-state index is 11.5. The summed E-state index contributed by atoms with van der Waals surface area (Å²) in [6, 6.07) is 8.27. The standard InChI is InChI=1S/C12H11NO3/c1-13(2)8-7-11(14)9-3-5-10(6-4-9)12(15)16/h3-6H,1-2H3,(H,15,16). The number of ketones is 1. The van der Waals surface area contributed by atoms with Gasteiger partial charge in [0, 0.05) is 25.7 Å². The fraction of sp³-hybridized carbons (Fsp3) is 0.167. The van der Waals surface area contributed by atoms with Crippen LogP contribution >= 0.6 is 0 Å². The Labute approximate surface area is 93.5 Å². The van der Waals surface area contributed by atoms with Crippen molar-refractivity contribution in [2.45, 2.75) is 0 Å². The molecule has 0 aromatic heterocycles. The number of carbonyl (C=O) groups is 2. The number of carbonyl (C=O) groups excluding carboxylic acids is 1.